The number of halogens is 1. The zero-order valence-corrected chi connectivity index (χ0v) is 11.2. The summed E-state index contributed by atoms with van der Waals surface area (Å²) in [6, 6.07) is 10.4. The van der Waals surface area contributed by atoms with Crippen molar-refractivity contribution in [3.8, 4) is 0 Å². The van der Waals surface area contributed by atoms with Crippen molar-refractivity contribution in [2.75, 3.05) is 11.4 Å². The van der Waals surface area contributed by atoms with Gasteiger partial charge in [-0.2, -0.15) is 0 Å². The molecule has 19 heavy (non-hydrogen) atoms. The van der Waals surface area contributed by atoms with Crippen LogP contribution in [0.1, 0.15) is 25.5 Å². The SMILES string of the molecule is CCN(c1ccc(C(C)N)cn1)c1ccccc1F. The molecule has 1 aromatic carbocycles. The molecular weight excluding hydrogens is 241 g/mol. The molecule has 0 radical (unpaired) electrons. The van der Waals surface area contributed by atoms with Crippen LogP contribution in [-0.2, 0) is 0 Å². The van der Waals surface area contributed by atoms with Crippen LogP contribution < -0.4 is 10.6 Å². The van der Waals surface area contributed by atoms with Gasteiger partial charge in [0.15, 0.2) is 0 Å². The third-order valence-corrected chi connectivity index (χ3v) is 3.03. The maximum Gasteiger partial charge on any atom is 0.146 e. The maximum atomic E-state index is 13.8. The van der Waals surface area contributed by atoms with Crippen LogP contribution in [0.2, 0.25) is 0 Å². The van der Waals surface area contributed by atoms with E-state index in [9.17, 15) is 4.39 Å². The average molecular weight is 259 g/mol. The largest absolute Gasteiger partial charge is 0.324 e. The lowest BCUT2D eigenvalue weighted by Crippen LogP contribution is -2.19. The molecule has 100 valence electrons. The standard InChI is InChI=1S/C15H18FN3/c1-3-19(14-7-5-4-6-13(14)16)15-9-8-12(10-18-15)11(2)17/h4-11H,3,17H2,1-2H3. The first-order chi connectivity index (χ1) is 9.13. The Kier molecular flexibility index (Phi) is 4.12. The van der Waals surface area contributed by atoms with Gasteiger partial charge in [0.2, 0.25) is 0 Å². The van der Waals surface area contributed by atoms with E-state index in [1.807, 2.05) is 36.9 Å². The van der Waals surface area contributed by atoms with Gasteiger partial charge in [-0.3, -0.25) is 0 Å². The summed E-state index contributed by atoms with van der Waals surface area (Å²) in [6.07, 6.45) is 1.74. The molecule has 0 bridgehead atoms. The zero-order chi connectivity index (χ0) is 13.8. The van der Waals surface area contributed by atoms with Gasteiger partial charge in [-0.05, 0) is 37.6 Å². The molecule has 0 saturated heterocycles. The van der Waals surface area contributed by atoms with Crippen molar-refractivity contribution in [2.24, 2.45) is 5.73 Å². The van der Waals surface area contributed by atoms with Crippen LogP contribution in [-0.4, -0.2) is 11.5 Å². The molecule has 0 spiro atoms. The van der Waals surface area contributed by atoms with E-state index in [-0.39, 0.29) is 11.9 Å². The van der Waals surface area contributed by atoms with Gasteiger partial charge < -0.3 is 10.6 Å². The Balaban J connectivity index is 2.35. The van der Waals surface area contributed by atoms with Gasteiger partial charge in [0.05, 0.1) is 5.69 Å². The molecule has 0 aliphatic heterocycles. The Morgan fingerprint density at radius 1 is 1.26 bits per heavy atom. The van der Waals surface area contributed by atoms with E-state index in [0.717, 1.165) is 11.4 Å². The minimum Gasteiger partial charge on any atom is -0.324 e. The molecule has 3 nitrogen and oxygen atoms in total. The van der Waals surface area contributed by atoms with E-state index in [4.69, 9.17) is 5.73 Å². The Labute approximate surface area is 112 Å². The second kappa shape index (κ2) is 5.80. The highest BCUT2D eigenvalue weighted by Crippen LogP contribution is 2.26. The summed E-state index contributed by atoms with van der Waals surface area (Å²) in [5.41, 5.74) is 7.29. The van der Waals surface area contributed by atoms with Crippen molar-refractivity contribution in [3.63, 3.8) is 0 Å². The number of hydrogen-bond donors (Lipinski definition) is 1. The van der Waals surface area contributed by atoms with E-state index in [1.54, 1.807) is 18.3 Å². The summed E-state index contributed by atoms with van der Waals surface area (Å²) in [4.78, 5) is 6.20. The van der Waals surface area contributed by atoms with Crippen LogP contribution >= 0.6 is 0 Å². The highest BCUT2D eigenvalue weighted by molar-refractivity contribution is 5.60. The quantitative estimate of drug-likeness (QED) is 0.915. The molecule has 0 amide bonds. The van der Waals surface area contributed by atoms with Crippen molar-refractivity contribution in [1.82, 2.24) is 4.98 Å². The topological polar surface area (TPSA) is 42.1 Å². The monoisotopic (exact) mass is 259 g/mol. The normalized spacial score (nSPS) is 12.2. The number of aromatic nitrogens is 1. The number of nitrogens with two attached hydrogens (primary N) is 1. The lowest BCUT2D eigenvalue weighted by Gasteiger charge is -2.22. The lowest BCUT2D eigenvalue weighted by atomic mass is 10.1. The number of hydrogen-bond acceptors (Lipinski definition) is 3. The molecule has 2 aromatic rings. The van der Waals surface area contributed by atoms with E-state index < -0.39 is 0 Å². The first-order valence-electron chi connectivity index (χ1n) is 6.37. The fourth-order valence-corrected chi connectivity index (χ4v) is 1.95. The number of pyridine rings is 1. The summed E-state index contributed by atoms with van der Waals surface area (Å²) in [5, 5.41) is 0. The second-order valence-electron chi connectivity index (χ2n) is 4.43. The van der Waals surface area contributed by atoms with Gasteiger partial charge in [0.25, 0.3) is 0 Å². The van der Waals surface area contributed by atoms with Crippen molar-refractivity contribution in [1.29, 1.82) is 0 Å². The highest BCUT2D eigenvalue weighted by Gasteiger charge is 2.12. The number of anilines is 2. The summed E-state index contributed by atoms with van der Waals surface area (Å²) in [7, 11) is 0. The molecule has 0 saturated carbocycles. The van der Waals surface area contributed by atoms with Gasteiger partial charge in [0.1, 0.15) is 11.6 Å². The first kappa shape index (κ1) is 13.5. The van der Waals surface area contributed by atoms with Crippen LogP contribution in [0.3, 0.4) is 0 Å². The predicted octanol–water partition coefficient (Wildman–Crippen LogP) is 3.40. The number of rotatable bonds is 4. The smallest absolute Gasteiger partial charge is 0.146 e. The molecular formula is C15H18FN3. The van der Waals surface area contributed by atoms with E-state index in [0.29, 0.717) is 12.2 Å². The molecule has 4 heteroatoms. The van der Waals surface area contributed by atoms with Gasteiger partial charge in [0, 0.05) is 18.8 Å². The number of para-hydroxylation sites is 1. The van der Waals surface area contributed by atoms with Gasteiger partial charge in [-0.15, -0.1) is 0 Å². The van der Waals surface area contributed by atoms with Crippen LogP contribution in [0.15, 0.2) is 42.6 Å². The average Bonchev–Trinajstić information content (AvgIpc) is 2.42. The minimum absolute atomic E-state index is 0.0508. The van der Waals surface area contributed by atoms with Crippen LogP contribution in [0, 0.1) is 5.82 Å². The van der Waals surface area contributed by atoms with Gasteiger partial charge in [-0.1, -0.05) is 18.2 Å². The molecule has 1 atom stereocenters. The Morgan fingerprint density at radius 2 is 2.00 bits per heavy atom. The minimum atomic E-state index is -0.248. The molecule has 1 unspecified atom stereocenters. The zero-order valence-electron chi connectivity index (χ0n) is 11.2. The Morgan fingerprint density at radius 3 is 2.53 bits per heavy atom. The Bertz CT molecular complexity index is 537. The summed E-state index contributed by atoms with van der Waals surface area (Å²) < 4.78 is 13.8. The molecule has 2 rings (SSSR count). The van der Waals surface area contributed by atoms with E-state index >= 15 is 0 Å². The summed E-state index contributed by atoms with van der Waals surface area (Å²) in [5.74, 6) is 0.472. The Hall–Kier alpha value is -1.94. The first-order valence-corrected chi connectivity index (χ1v) is 6.37. The third-order valence-electron chi connectivity index (χ3n) is 3.03. The van der Waals surface area contributed by atoms with Crippen LogP contribution in [0.4, 0.5) is 15.9 Å². The van der Waals surface area contributed by atoms with Crippen molar-refractivity contribution >= 4 is 11.5 Å². The fourth-order valence-electron chi connectivity index (χ4n) is 1.95. The molecule has 2 N–H and O–H groups in total. The molecule has 0 aliphatic rings. The lowest BCUT2D eigenvalue weighted by molar-refractivity contribution is 0.625. The van der Waals surface area contributed by atoms with Crippen molar-refractivity contribution < 1.29 is 4.39 Å². The number of nitrogens with zero attached hydrogens (tertiary/aromatic N) is 2. The molecule has 0 aliphatic carbocycles. The highest BCUT2D eigenvalue weighted by atomic mass is 19.1. The van der Waals surface area contributed by atoms with Crippen LogP contribution in [0.5, 0.6) is 0 Å². The van der Waals surface area contributed by atoms with Gasteiger partial charge in [-0.25, -0.2) is 9.37 Å². The third kappa shape index (κ3) is 2.90. The fraction of sp³-hybridized carbons (Fsp3) is 0.267. The van der Waals surface area contributed by atoms with E-state index in [2.05, 4.69) is 4.98 Å². The van der Waals surface area contributed by atoms with E-state index in [1.165, 1.54) is 6.07 Å². The predicted molar refractivity (Wildman–Crippen MR) is 75.9 cm³/mol. The molecule has 1 aromatic heterocycles. The maximum absolute atomic E-state index is 13.8. The summed E-state index contributed by atoms with van der Waals surface area (Å²) in [6.45, 7) is 4.52. The van der Waals surface area contributed by atoms with Crippen LogP contribution in [0.25, 0.3) is 0 Å². The molecule has 0 fully saturated rings. The van der Waals surface area contributed by atoms with Crippen molar-refractivity contribution in [2.45, 2.75) is 19.9 Å². The molecule has 1 heterocycles. The van der Waals surface area contributed by atoms with Gasteiger partial charge >= 0.3 is 0 Å². The summed E-state index contributed by atoms with van der Waals surface area (Å²) >= 11 is 0. The number of benzene rings is 1. The van der Waals surface area contributed by atoms with Crippen molar-refractivity contribution in [3.05, 3.63) is 54.0 Å². The second-order valence-corrected chi connectivity index (χ2v) is 4.43.